The minimum absolute atomic E-state index is 0.262. The molecule has 0 saturated heterocycles. The van der Waals surface area contributed by atoms with E-state index in [-0.39, 0.29) is 12.4 Å². The van der Waals surface area contributed by atoms with Gasteiger partial charge in [0.25, 0.3) is 0 Å². The summed E-state index contributed by atoms with van der Waals surface area (Å²) in [6.07, 6.45) is 2.77. The summed E-state index contributed by atoms with van der Waals surface area (Å²) >= 11 is 0. The van der Waals surface area contributed by atoms with Crippen LogP contribution in [0.15, 0.2) is 48.7 Å². The van der Waals surface area contributed by atoms with Gasteiger partial charge >= 0.3 is 0 Å². The van der Waals surface area contributed by atoms with E-state index in [9.17, 15) is 4.39 Å². The van der Waals surface area contributed by atoms with Crippen molar-refractivity contribution in [3.63, 3.8) is 0 Å². The minimum atomic E-state index is -0.262. The lowest BCUT2D eigenvalue weighted by Gasteiger charge is -2.09. The second-order valence-electron chi connectivity index (χ2n) is 7.80. The topological polar surface area (TPSA) is 68.5 Å². The fraction of sp³-hybridized carbons (Fsp3) is 0.304. The van der Waals surface area contributed by atoms with E-state index < -0.39 is 0 Å². The number of benzene rings is 1. The van der Waals surface area contributed by atoms with Crippen molar-refractivity contribution in [1.82, 2.24) is 24.7 Å². The molecule has 0 aliphatic rings. The molecule has 1 aromatic carbocycles. The molecular weight excluding hydrogens is 379 g/mol. The Balaban J connectivity index is 1.73. The molecule has 0 spiro atoms. The van der Waals surface area contributed by atoms with Gasteiger partial charge in [-0.1, -0.05) is 32.0 Å². The van der Waals surface area contributed by atoms with Crippen LogP contribution in [0.4, 0.5) is 10.2 Å². The third-order valence-corrected chi connectivity index (χ3v) is 4.88. The Labute approximate surface area is 175 Å². The number of aromatic nitrogens is 5. The zero-order valence-corrected chi connectivity index (χ0v) is 17.4. The number of pyridine rings is 1. The van der Waals surface area contributed by atoms with Gasteiger partial charge in [0, 0.05) is 30.1 Å². The minimum Gasteiger partial charge on any atom is -0.370 e. The molecule has 0 amide bonds. The monoisotopic (exact) mass is 404 g/mol. The van der Waals surface area contributed by atoms with E-state index in [0.29, 0.717) is 28.6 Å². The van der Waals surface area contributed by atoms with E-state index in [1.165, 1.54) is 6.07 Å². The van der Waals surface area contributed by atoms with Crippen molar-refractivity contribution in [3.8, 4) is 11.5 Å². The molecule has 0 saturated carbocycles. The summed E-state index contributed by atoms with van der Waals surface area (Å²) in [5.74, 6) is 1.66. The van der Waals surface area contributed by atoms with Gasteiger partial charge in [-0.3, -0.25) is 0 Å². The number of hydrogen-bond acceptors (Lipinski definition) is 5. The van der Waals surface area contributed by atoms with Crippen molar-refractivity contribution in [2.45, 2.75) is 33.7 Å². The van der Waals surface area contributed by atoms with Crippen LogP contribution in [0.3, 0.4) is 0 Å². The number of anilines is 1. The zero-order chi connectivity index (χ0) is 21.1. The molecule has 0 aliphatic carbocycles. The van der Waals surface area contributed by atoms with Crippen LogP contribution in [-0.2, 0) is 6.54 Å². The molecule has 4 rings (SSSR count). The smallest absolute Gasteiger partial charge is 0.183 e. The van der Waals surface area contributed by atoms with E-state index >= 15 is 0 Å². The molecule has 6 nitrogen and oxygen atoms in total. The van der Waals surface area contributed by atoms with Crippen LogP contribution in [0.2, 0.25) is 0 Å². The summed E-state index contributed by atoms with van der Waals surface area (Å²) in [5, 5.41) is 8.94. The van der Waals surface area contributed by atoms with E-state index in [1.807, 2.05) is 31.2 Å². The molecule has 0 fully saturated rings. The van der Waals surface area contributed by atoms with Gasteiger partial charge in [-0.2, -0.15) is 5.10 Å². The molecule has 3 heterocycles. The summed E-state index contributed by atoms with van der Waals surface area (Å²) in [7, 11) is 0. The molecule has 0 bridgehead atoms. The van der Waals surface area contributed by atoms with Crippen molar-refractivity contribution in [2.24, 2.45) is 5.92 Å². The predicted octanol–water partition coefficient (Wildman–Crippen LogP) is 4.84. The molecule has 7 heteroatoms. The van der Waals surface area contributed by atoms with Crippen molar-refractivity contribution < 1.29 is 4.39 Å². The highest BCUT2D eigenvalue weighted by molar-refractivity contribution is 5.89. The first kappa shape index (κ1) is 19.9. The van der Waals surface area contributed by atoms with Gasteiger partial charge in [-0.15, -0.1) is 0 Å². The predicted molar refractivity (Wildman–Crippen MR) is 117 cm³/mol. The van der Waals surface area contributed by atoms with Crippen LogP contribution >= 0.6 is 0 Å². The molecule has 0 atom stereocenters. The number of fused-ring (bicyclic) bond motifs is 1. The van der Waals surface area contributed by atoms with Gasteiger partial charge in [0.2, 0.25) is 0 Å². The molecule has 3 aromatic heterocycles. The highest BCUT2D eigenvalue weighted by Gasteiger charge is 2.17. The van der Waals surface area contributed by atoms with Crippen molar-refractivity contribution >= 4 is 16.9 Å². The highest BCUT2D eigenvalue weighted by Crippen LogP contribution is 2.26. The third kappa shape index (κ3) is 4.30. The summed E-state index contributed by atoms with van der Waals surface area (Å²) in [6.45, 7) is 7.46. The van der Waals surface area contributed by atoms with E-state index in [0.717, 1.165) is 29.9 Å². The first-order chi connectivity index (χ1) is 14.5. The van der Waals surface area contributed by atoms with Crippen LogP contribution in [0.5, 0.6) is 0 Å². The lowest BCUT2D eigenvalue weighted by Crippen LogP contribution is -2.08. The van der Waals surface area contributed by atoms with Gasteiger partial charge < -0.3 is 5.32 Å². The van der Waals surface area contributed by atoms with Crippen LogP contribution < -0.4 is 5.32 Å². The average Bonchev–Trinajstić information content (AvgIpc) is 3.08. The van der Waals surface area contributed by atoms with Gasteiger partial charge in [0.05, 0.1) is 11.9 Å². The van der Waals surface area contributed by atoms with Gasteiger partial charge in [-0.25, -0.2) is 24.0 Å². The van der Waals surface area contributed by atoms with Crippen molar-refractivity contribution in [2.75, 3.05) is 11.9 Å². The summed E-state index contributed by atoms with van der Waals surface area (Å²) in [4.78, 5) is 13.8. The lowest BCUT2D eigenvalue weighted by atomic mass is 10.1. The number of hydrogen-bond donors (Lipinski definition) is 1. The Bertz CT molecular complexity index is 1170. The molecule has 0 unspecified atom stereocenters. The SMILES string of the molecule is Cc1cc(NCCC(C)C)nc(-c2nn(Cc3ccccc3F)c3ncccc23)n1. The number of halogens is 1. The second kappa shape index (κ2) is 8.57. The van der Waals surface area contributed by atoms with Gasteiger partial charge in [0.15, 0.2) is 11.5 Å². The van der Waals surface area contributed by atoms with Crippen LogP contribution in [-0.4, -0.2) is 31.3 Å². The standard InChI is InChI=1S/C23H25FN6/c1-15(2)10-12-25-20-13-16(3)27-22(28-20)21-18-8-6-11-26-23(18)30(29-21)14-17-7-4-5-9-19(17)24/h4-9,11,13,15H,10,12,14H2,1-3H3,(H,25,27,28). The fourth-order valence-corrected chi connectivity index (χ4v) is 3.33. The summed E-state index contributed by atoms with van der Waals surface area (Å²) in [6, 6.07) is 12.4. The first-order valence-corrected chi connectivity index (χ1v) is 10.2. The number of aryl methyl sites for hydroxylation is 1. The van der Waals surface area contributed by atoms with E-state index in [1.54, 1.807) is 23.0 Å². The lowest BCUT2D eigenvalue weighted by molar-refractivity contribution is 0.589. The maximum Gasteiger partial charge on any atom is 0.183 e. The second-order valence-corrected chi connectivity index (χ2v) is 7.80. The maximum absolute atomic E-state index is 14.2. The van der Waals surface area contributed by atoms with Crippen LogP contribution in [0.1, 0.15) is 31.5 Å². The number of nitrogens with zero attached hydrogens (tertiary/aromatic N) is 5. The van der Waals surface area contributed by atoms with E-state index in [2.05, 4.69) is 34.1 Å². The quantitative estimate of drug-likeness (QED) is 0.477. The molecule has 1 N–H and O–H groups in total. The normalized spacial score (nSPS) is 11.4. The summed E-state index contributed by atoms with van der Waals surface area (Å²) < 4.78 is 15.9. The first-order valence-electron chi connectivity index (χ1n) is 10.2. The fourth-order valence-electron chi connectivity index (χ4n) is 3.33. The Morgan fingerprint density at radius 2 is 1.93 bits per heavy atom. The Kier molecular flexibility index (Phi) is 5.70. The van der Waals surface area contributed by atoms with Gasteiger partial charge in [0.1, 0.15) is 17.3 Å². The molecule has 30 heavy (non-hydrogen) atoms. The third-order valence-electron chi connectivity index (χ3n) is 4.88. The molecule has 0 radical (unpaired) electrons. The van der Waals surface area contributed by atoms with Crippen molar-refractivity contribution in [1.29, 1.82) is 0 Å². The Morgan fingerprint density at radius 1 is 1.10 bits per heavy atom. The maximum atomic E-state index is 14.2. The van der Waals surface area contributed by atoms with Gasteiger partial charge in [-0.05, 0) is 37.5 Å². The highest BCUT2D eigenvalue weighted by atomic mass is 19.1. The van der Waals surface area contributed by atoms with Crippen molar-refractivity contribution in [3.05, 3.63) is 65.7 Å². The van der Waals surface area contributed by atoms with E-state index in [4.69, 9.17) is 5.10 Å². The van der Waals surface area contributed by atoms with Crippen LogP contribution in [0.25, 0.3) is 22.6 Å². The number of rotatable bonds is 7. The molecule has 4 aromatic rings. The molecule has 0 aliphatic heterocycles. The Hall–Kier alpha value is -3.35. The molecule has 154 valence electrons. The van der Waals surface area contributed by atoms with Crippen LogP contribution in [0, 0.1) is 18.7 Å². The Morgan fingerprint density at radius 3 is 2.73 bits per heavy atom. The summed E-state index contributed by atoms with van der Waals surface area (Å²) in [5.41, 5.74) is 2.73. The average molecular weight is 404 g/mol. The number of nitrogens with one attached hydrogen (secondary N) is 1. The molecular formula is C23H25FN6. The zero-order valence-electron chi connectivity index (χ0n) is 17.4. The largest absolute Gasteiger partial charge is 0.370 e.